The fraction of sp³-hybridized carbons (Fsp3) is 0.650. The Morgan fingerprint density at radius 2 is 1.56 bits per heavy atom. The van der Waals surface area contributed by atoms with Crippen LogP contribution in [-0.2, 0) is 19.5 Å². The first-order valence-corrected chi connectivity index (χ1v) is 11.3. The third kappa shape index (κ3) is 5.09. The van der Waals surface area contributed by atoms with E-state index in [1.807, 2.05) is 13.8 Å². The van der Waals surface area contributed by atoms with E-state index >= 15 is 0 Å². The highest BCUT2D eigenvalue weighted by Gasteiger charge is 2.32. The Balaban J connectivity index is 1.67. The molecule has 7 heteroatoms. The van der Waals surface area contributed by atoms with Crippen LogP contribution in [0.2, 0.25) is 0 Å². The second-order valence-corrected chi connectivity index (χ2v) is 9.56. The van der Waals surface area contributed by atoms with Gasteiger partial charge in [0.15, 0.2) is 0 Å². The standard InChI is InChI=1S/C20H29NO5S/c1-15-13-21(14-16(2)25-15)27(23,24)19-11-9-17(10-12-19)20(22)26-18-7-5-3-4-6-8-18/h9-12,15-16,18H,3-8,13-14H2,1-2H3/t15-,16+. The van der Waals surface area contributed by atoms with Gasteiger partial charge < -0.3 is 9.47 Å². The van der Waals surface area contributed by atoms with Crippen LogP contribution in [0.5, 0.6) is 0 Å². The quantitative estimate of drug-likeness (QED) is 0.577. The van der Waals surface area contributed by atoms with Crippen LogP contribution in [0, 0.1) is 0 Å². The summed E-state index contributed by atoms with van der Waals surface area (Å²) in [4.78, 5) is 12.6. The van der Waals surface area contributed by atoms with Crippen LogP contribution in [0.3, 0.4) is 0 Å². The van der Waals surface area contributed by atoms with Gasteiger partial charge in [-0.25, -0.2) is 13.2 Å². The lowest BCUT2D eigenvalue weighted by atomic mass is 10.1. The van der Waals surface area contributed by atoms with Crippen molar-refractivity contribution in [1.82, 2.24) is 4.31 Å². The Hall–Kier alpha value is -1.44. The molecule has 1 aliphatic heterocycles. The van der Waals surface area contributed by atoms with Crippen LogP contribution in [0.15, 0.2) is 29.2 Å². The average Bonchev–Trinajstić information content (AvgIpc) is 2.89. The summed E-state index contributed by atoms with van der Waals surface area (Å²) in [5, 5.41) is 0. The predicted molar refractivity (Wildman–Crippen MR) is 102 cm³/mol. The minimum absolute atomic E-state index is 0.0280. The van der Waals surface area contributed by atoms with Crippen LogP contribution in [-0.4, -0.2) is 50.1 Å². The molecule has 1 heterocycles. The minimum atomic E-state index is -3.60. The summed E-state index contributed by atoms with van der Waals surface area (Å²) in [5.41, 5.74) is 0.391. The molecule has 1 saturated heterocycles. The van der Waals surface area contributed by atoms with Gasteiger partial charge in [-0.2, -0.15) is 4.31 Å². The molecule has 27 heavy (non-hydrogen) atoms. The van der Waals surface area contributed by atoms with Gasteiger partial charge in [0.2, 0.25) is 10.0 Å². The van der Waals surface area contributed by atoms with Crippen molar-refractivity contribution >= 4 is 16.0 Å². The van der Waals surface area contributed by atoms with Crippen molar-refractivity contribution < 1.29 is 22.7 Å². The van der Waals surface area contributed by atoms with Crippen molar-refractivity contribution in [3.63, 3.8) is 0 Å². The summed E-state index contributed by atoms with van der Waals surface area (Å²) in [7, 11) is -3.60. The molecule has 1 aromatic rings. The van der Waals surface area contributed by atoms with Crippen molar-refractivity contribution in [2.75, 3.05) is 13.1 Å². The number of hydrogen-bond acceptors (Lipinski definition) is 5. The van der Waals surface area contributed by atoms with Crippen LogP contribution >= 0.6 is 0 Å². The molecule has 0 unspecified atom stereocenters. The van der Waals surface area contributed by atoms with Gasteiger partial charge in [0.25, 0.3) is 0 Å². The summed E-state index contributed by atoms with van der Waals surface area (Å²) in [5.74, 6) is -0.375. The number of rotatable bonds is 4. The van der Waals surface area contributed by atoms with Gasteiger partial charge in [-0.15, -0.1) is 0 Å². The molecular formula is C20H29NO5S. The molecule has 0 aromatic heterocycles. The van der Waals surface area contributed by atoms with E-state index in [2.05, 4.69) is 0 Å². The highest BCUT2D eigenvalue weighted by molar-refractivity contribution is 7.89. The molecule has 2 aliphatic rings. The van der Waals surface area contributed by atoms with Crippen molar-refractivity contribution in [1.29, 1.82) is 0 Å². The molecular weight excluding hydrogens is 366 g/mol. The monoisotopic (exact) mass is 395 g/mol. The molecule has 0 bridgehead atoms. The lowest BCUT2D eigenvalue weighted by Crippen LogP contribution is -2.48. The number of sulfonamides is 1. The van der Waals surface area contributed by atoms with Crippen LogP contribution in [0.25, 0.3) is 0 Å². The van der Waals surface area contributed by atoms with Gasteiger partial charge in [0, 0.05) is 13.1 Å². The molecule has 1 saturated carbocycles. The van der Waals surface area contributed by atoms with E-state index in [0.717, 1.165) is 25.7 Å². The van der Waals surface area contributed by atoms with Crippen molar-refractivity contribution in [3.8, 4) is 0 Å². The lowest BCUT2D eigenvalue weighted by Gasteiger charge is -2.34. The zero-order valence-electron chi connectivity index (χ0n) is 16.1. The SMILES string of the molecule is C[C@@H]1CN(S(=O)(=O)c2ccc(C(=O)OC3CCCCCC3)cc2)C[C@H](C)O1. The zero-order chi connectivity index (χ0) is 19.4. The average molecular weight is 396 g/mol. The molecule has 1 aliphatic carbocycles. The Bertz CT molecular complexity index is 728. The molecule has 2 atom stereocenters. The molecule has 1 aromatic carbocycles. The largest absolute Gasteiger partial charge is 0.459 e. The number of morpholine rings is 1. The Morgan fingerprint density at radius 1 is 1.00 bits per heavy atom. The van der Waals surface area contributed by atoms with Crippen LogP contribution in [0.1, 0.15) is 62.7 Å². The number of carbonyl (C=O) groups excluding carboxylic acids is 1. The Kier molecular flexibility index (Phi) is 6.55. The summed E-state index contributed by atoms with van der Waals surface area (Å²) < 4.78 is 38.4. The molecule has 150 valence electrons. The normalized spacial score (nSPS) is 25.7. The first-order chi connectivity index (χ1) is 12.9. The van der Waals surface area contributed by atoms with Gasteiger partial charge in [-0.05, 0) is 63.8 Å². The lowest BCUT2D eigenvalue weighted by molar-refractivity contribution is -0.0440. The van der Waals surface area contributed by atoms with Gasteiger partial charge in [0.05, 0.1) is 22.7 Å². The second-order valence-electron chi connectivity index (χ2n) is 7.62. The minimum Gasteiger partial charge on any atom is -0.459 e. The van der Waals surface area contributed by atoms with Crippen molar-refractivity contribution in [3.05, 3.63) is 29.8 Å². The number of ether oxygens (including phenoxy) is 2. The van der Waals surface area contributed by atoms with Gasteiger partial charge in [-0.1, -0.05) is 12.8 Å². The number of esters is 1. The van der Waals surface area contributed by atoms with Gasteiger partial charge in [-0.3, -0.25) is 0 Å². The molecule has 2 fully saturated rings. The maximum Gasteiger partial charge on any atom is 0.338 e. The van der Waals surface area contributed by atoms with E-state index in [4.69, 9.17) is 9.47 Å². The van der Waals surface area contributed by atoms with Crippen LogP contribution < -0.4 is 0 Å². The maximum absolute atomic E-state index is 12.9. The second kappa shape index (κ2) is 8.71. The Labute approximate surface area is 161 Å². The molecule has 0 spiro atoms. The number of hydrogen-bond donors (Lipinski definition) is 0. The highest BCUT2D eigenvalue weighted by atomic mass is 32.2. The molecule has 6 nitrogen and oxygen atoms in total. The number of benzene rings is 1. The molecule has 3 rings (SSSR count). The summed E-state index contributed by atoms with van der Waals surface area (Å²) in [6, 6.07) is 6.06. The van der Waals surface area contributed by atoms with Gasteiger partial charge >= 0.3 is 5.97 Å². The molecule has 0 N–H and O–H groups in total. The van der Waals surface area contributed by atoms with Crippen molar-refractivity contribution in [2.45, 2.75) is 75.6 Å². The smallest absolute Gasteiger partial charge is 0.338 e. The molecule has 0 radical (unpaired) electrons. The molecule has 0 amide bonds. The van der Waals surface area contributed by atoms with Crippen LogP contribution in [0.4, 0.5) is 0 Å². The fourth-order valence-electron chi connectivity index (χ4n) is 3.82. The third-order valence-corrected chi connectivity index (χ3v) is 7.04. The van der Waals surface area contributed by atoms with E-state index in [-0.39, 0.29) is 29.2 Å². The maximum atomic E-state index is 12.9. The summed E-state index contributed by atoms with van der Waals surface area (Å²) >= 11 is 0. The van der Waals surface area contributed by atoms with Gasteiger partial charge in [0.1, 0.15) is 6.10 Å². The Morgan fingerprint density at radius 3 is 2.11 bits per heavy atom. The van der Waals surface area contributed by atoms with E-state index in [9.17, 15) is 13.2 Å². The number of carbonyl (C=O) groups is 1. The first-order valence-electron chi connectivity index (χ1n) is 9.83. The highest BCUT2D eigenvalue weighted by Crippen LogP contribution is 2.23. The van der Waals surface area contributed by atoms with E-state index in [0.29, 0.717) is 18.7 Å². The topological polar surface area (TPSA) is 72.9 Å². The van der Waals surface area contributed by atoms with Crippen molar-refractivity contribution in [2.24, 2.45) is 0 Å². The fourth-order valence-corrected chi connectivity index (χ4v) is 5.41. The number of nitrogens with zero attached hydrogens (tertiary/aromatic N) is 1. The first kappa shape index (κ1) is 20.3. The predicted octanol–water partition coefficient (Wildman–Crippen LogP) is 3.36. The summed E-state index contributed by atoms with van der Waals surface area (Å²) in [6.45, 7) is 4.39. The van der Waals surface area contributed by atoms with E-state index < -0.39 is 10.0 Å². The third-order valence-electron chi connectivity index (χ3n) is 5.19. The zero-order valence-corrected chi connectivity index (χ0v) is 16.9. The summed E-state index contributed by atoms with van der Waals surface area (Å²) in [6.07, 6.45) is 6.07. The van der Waals surface area contributed by atoms with E-state index in [1.165, 1.54) is 29.3 Å². The van der Waals surface area contributed by atoms with E-state index in [1.54, 1.807) is 12.1 Å².